The Labute approximate surface area is 151 Å². The van der Waals surface area contributed by atoms with Gasteiger partial charge in [-0.3, -0.25) is 4.98 Å². The molecule has 0 saturated heterocycles. The number of aromatic nitrogens is 1. The predicted molar refractivity (Wildman–Crippen MR) is 98.9 cm³/mol. The van der Waals surface area contributed by atoms with Crippen molar-refractivity contribution >= 4 is 26.6 Å². The van der Waals surface area contributed by atoms with Crippen molar-refractivity contribution in [3.8, 4) is 0 Å². The molecule has 4 rings (SSSR count). The average Bonchev–Trinajstić information content (AvgIpc) is 2.91. The molecule has 2 heterocycles. The maximum Gasteiger partial charge on any atom is 0.238 e. The van der Waals surface area contributed by atoms with Gasteiger partial charge in [0.25, 0.3) is 0 Å². The lowest BCUT2D eigenvalue weighted by molar-refractivity contribution is 0.597. The van der Waals surface area contributed by atoms with E-state index in [1.165, 1.54) is 12.1 Å². The van der Waals surface area contributed by atoms with Crippen LogP contribution in [-0.2, 0) is 23.0 Å². The van der Waals surface area contributed by atoms with Crippen LogP contribution in [0.3, 0.4) is 0 Å². The van der Waals surface area contributed by atoms with Gasteiger partial charge in [-0.2, -0.15) is 0 Å². The molecule has 0 bridgehead atoms. The van der Waals surface area contributed by atoms with Crippen LogP contribution in [-0.4, -0.2) is 19.4 Å². The summed E-state index contributed by atoms with van der Waals surface area (Å²) in [5.41, 5.74) is 3.49. The minimum absolute atomic E-state index is 0.124. The van der Waals surface area contributed by atoms with Gasteiger partial charge in [-0.05, 0) is 60.9 Å². The zero-order valence-corrected chi connectivity index (χ0v) is 15.0. The summed E-state index contributed by atoms with van der Waals surface area (Å²) in [4.78, 5) is 6.66. The Kier molecular flexibility index (Phi) is 3.93. The number of primary sulfonamides is 1. The average molecular weight is 371 g/mol. The maximum absolute atomic E-state index is 14.0. The highest BCUT2D eigenvalue weighted by molar-refractivity contribution is 7.89. The van der Waals surface area contributed by atoms with Crippen molar-refractivity contribution in [3.05, 3.63) is 65.6 Å². The predicted octanol–water partition coefficient (Wildman–Crippen LogP) is 2.97. The van der Waals surface area contributed by atoms with Crippen LogP contribution < -0.4 is 10.0 Å². The SMILES string of the molecule is C[C@@H]1Cc2cc(S(N)(=O)=O)ccc2N1Cc1ccc(F)c2cccnc12. The normalized spacial score (nSPS) is 16.9. The van der Waals surface area contributed by atoms with E-state index in [0.29, 0.717) is 17.4 Å². The second-order valence-corrected chi connectivity index (χ2v) is 8.18. The highest BCUT2D eigenvalue weighted by Crippen LogP contribution is 2.35. The van der Waals surface area contributed by atoms with Crippen molar-refractivity contribution in [2.45, 2.75) is 30.8 Å². The van der Waals surface area contributed by atoms with Crippen molar-refractivity contribution < 1.29 is 12.8 Å². The van der Waals surface area contributed by atoms with E-state index in [2.05, 4.69) is 16.8 Å². The summed E-state index contributed by atoms with van der Waals surface area (Å²) in [6.07, 6.45) is 2.39. The van der Waals surface area contributed by atoms with Gasteiger partial charge in [-0.25, -0.2) is 17.9 Å². The molecule has 1 aliphatic rings. The third-order valence-corrected chi connectivity index (χ3v) is 5.79. The third kappa shape index (κ3) is 2.83. The first-order valence-corrected chi connectivity index (χ1v) is 9.84. The van der Waals surface area contributed by atoms with Crippen LogP contribution in [0.4, 0.5) is 10.1 Å². The fourth-order valence-corrected chi connectivity index (χ4v) is 4.16. The molecule has 3 aromatic rings. The van der Waals surface area contributed by atoms with Crippen molar-refractivity contribution in [3.63, 3.8) is 0 Å². The van der Waals surface area contributed by atoms with E-state index in [0.717, 1.165) is 23.2 Å². The van der Waals surface area contributed by atoms with Gasteiger partial charge in [0.2, 0.25) is 10.0 Å². The number of benzene rings is 2. The Balaban J connectivity index is 1.74. The lowest BCUT2D eigenvalue weighted by Gasteiger charge is -2.25. The topological polar surface area (TPSA) is 76.3 Å². The molecule has 134 valence electrons. The summed E-state index contributed by atoms with van der Waals surface area (Å²) < 4.78 is 37.2. The van der Waals surface area contributed by atoms with Crippen LogP contribution >= 0.6 is 0 Å². The summed E-state index contributed by atoms with van der Waals surface area (Å²) >= 11 is 0. The van der Waals surface area contributed by atoms with Crippen molar-refractivity contribution in [1.82, 2.24) is 4.98 Å². The Bertz CT molecular complexity index is 1110. The maximum atomic E-state index is 14.0. The van der Waals surface area contributed by atoms with E-state index < -0.39 is 10.0 Å². The summed E-state index contributed by atoms with van der Waals surface area (Å²) in [6.45, 7) is 2.65. The largest absolute Gasteiger partial charge is 0.364 e. The highest BCUT2D eigenvalue weighted by atomic mass is 32.2. The number of hydrogen-bond donors (Lipinski definition) is 1. The number of rotatable bonds is 3. The van der Waals surface area contributed by atoms with Gasteiger partial charge in [-0.15, -0.1) is 0 Å². The molecule has 0 saturated carbocycles. The first kappa shape index (κ1) is 16.9. The van der Waals surface area contributed by atoms with Crippen LogP contribution in [0.1, 0.15) is 18.1 Å². The summed E-state index contributed by atoms with van der Waals surface area (Å²) in [5.74, 6) is -0.287. The molecule has 0 spiro atoms. The van der Waals surface area contributed by atoms with Gasteiger partial charge in [0.15, 0.2) is 0 Å². The van der Waals surface area contributed by atoms with Crippen molar-refractivity contribution in [2.24, 2.45) is 5.14 Å². The van der Waals surface area contributed by atoms with E-state index in [9.17, 15) is 12.8 Å². The molecule has 1 aliphatic heterocycles. The number of nitrogens with zero attached hydrogens (tertiary/aromatic N) is 2. The third-order valence-electron chi connectivity index (χ3n) is 4.88. The molecule has 0 radical (unpaired) electrons. The Morgan fingerprint density at radius 3 is 2.85 bits per heavy atom. The summed E-state index contributed by atoms with van der Waals surface area (Å²) in [6, 6.07) is 11.8. The van der Waals surface area contributed by atoms with E-state index >= 15 is 0 Å². The van der Waals surface area contributed by atoms with E-state index in [1.807, 2.05) is 0 Å². The van der Waals surface area contributed by atoms with Crippen LogP contribution in [0.5, 0.6) is 0 Å². The van der Waals surface area contributed by atoms with Gasteiger partial charge in [0.05, 0.1) is 10.4 Å². The van der Waals surface area contributed by atoms with Crippen LogP contribution in [0, 0.1) is 5.82 Å². The number of halogens is 1. The van der Waals surface area contributed by atoms with Crippen LogP contribution in [0.25, 0.3) is 10.9 Å². The molecule has 1 atom stereocenters. The number of anilines is 1. The van der Waals surface area contributed by atoms with Crippen molar-refractivity contribution in [2.75, 3.05) is 4.90 Å². The van der Waals surface area contributed by atoms with E-state index in [-0.39, 0.29) is 16.8 Å². The molecular weight excluding hydrogens is 353 g/mol. The molecule has 0 aliphatic carbocycles. The first-order chi connectivity index (χ1) is 12.3. The number of pyridine rings is 1. The molecule has 5 nitrogen and oxygen atoms in total. The van der Waals surface area contributed by atoms with Crippen molar-refractivity contribution in [1.29, 1.82) is 0 Å². The zero-order chi connectivity index (χ0) is 18.5. The van der Waals surface area contributed by atoms with Gasteiger partial charge >= 0.3 is 0 Å². The van der Waals surface area contributed by atoms with Gasteiger partial charge < -0.3 is 4.90 Å². The molecule has 0 fully saturated rings. The number of hydrogen-bond acceptors (Lipinski definition) is 4. The van der Waals surface area contributed by atoms with Gasteiger partial charge in [-0.1, -0.05) is 6.07 Å². The van der Waals surface area contributed by atoms with E-state index in [4.69, 9.17) is 5.14 Å². The molecule has 2 N–H and O–H groups in total. The minimum atomic E-state index is -3.72. The quantitative estimate of drug-likeness (QED) is 0.768. The summed E-state index contributed by atoms with van der Waals surface area (Å²) in [5, 5.41) is 5.74. The highest BCUT2D eigenvalue weighted by Gasteiger charge is 2.28. The smallest absolute Gasteiger partial charge is 0.238 e. The number of nitrogens with two attached hydrogens (primary N) is 1. The van der Waals surface area contributed by atoms with Gasteiger partial charge in [0, 0.05) is 29.9 Å². The molecule has 7 heteroatoms. The lowest BCUT2D eigenvalue weighted by Crippen LogP contribution is -2.28. The van der Waals surface area contributed by atoms with Crippen LogP contribution in [0.2, 0.25) is 0 Å². The van der Waals surface area contributed by atoms with Gasteiger partial charge in [0.1, 0.15) is 5.82 Å². The summed E-state index contributed by atoms with van der Waals surface area (Å²) in [7, 11) is -3.72. The Morgan fingerprint density at radius 2 is 2.08 bits per heavy atom. The fourth-order valence-electron chi connectivity index (χ4n) is 3.60. The lowest BCUT2D eigenvalue weighted by atomic mass is 10.1. The Hall–Kier alpha value is -2.51. The monoisotopic (exact) mass is 371 g/mol. The zero-order valence-electron chi connectivity index (χ0n) is 14.2. The van der Waals surface area contributed by atoms with E-state index in [1.54, 1.807) is 36.5 Å². The molecule has 2 aromatic carbocycles. The van der Waals surface area contributed by atoms with Crippen LogP contribution in [0.15, 0.2) is 53.6 Å². The molecule has 1 aromatic heterocycles. The minimum Gasteiger partial charge on any atom is -0.364 e. The molecule has 26 heavy (non-hydrogen) atoms. The molecule has 0 unspecified atom stereocenters. The first-order valence-electron chi connectivity index (χ1n) is 8.29. The second-order valence-electron chi connectivity index (χ2n) is 6.62. The standard InChI is InChI=1S/C19H18FN3O2S/c1-12-9-14-10-15(26(21,24)25)5-7-18(14)23(12)11-13-4-6-17(20)16-3-2-8-22-19(13)16/h2-8,10,12H,9,11H2,1H3,(H2,21,24,25)/t12-/m1/s1. The molecular formula is C19H18FN3O2S. The molecule has 0 amide bonds. The fraction of sp³-hybridized carbons (Fsp3) is 0.211. The number of sulfonamides is 1. The number of fused-ring (bicyclic) bond motifs is 2. The Morgan fingerprint density at radius 1 is 1.27 bits per heavy atom. The second kappa shape index (κ2) is 6.03.